The maximum Gasteiger partial charge on any atom is 0.271 e. The summed E-state index contributed by atoms with van der Waals surface area (Å²) in [4.78, 5) is 31.3. The lowest BCUT2D eigenvalue weighted by Crippen LogP contribution is -2.60. The summed E-state index contributed by atoms with van der Waals surface area (Å²) in [5, 5.41) is 14.7. The molecule has 0 saturated heterocycles. The zero-order chi connectivity index (χ0) is 22.8. The number of carbonyl (C=O) groups is 2. The van der Waals surface area contributed by atoms with Crippen LogP contribution in [0.4, 0.5) is 5.69 Å². The molecule has 2 aromatic carbocycles. The zero-order valence-corrected chi connectivity index (χ0v) is 18.0. The predicted octanol–water partition coefficient (Wildman–Crippen LogP) is 3.15. The van der Waals surface area contributed by atoms with E-state index in [1.54, 1.807) is 49.4 Å². The smallest absolute Gasteiger partial charge is 0.271 e. The number of nitrogens with two attached hydrogens (primary N) is 1. The average Bonchev–Trinajstić information content (AvgIpc) is 3.11. The van der Waals surface area contributed by atoms with Crippen molar-refractivity contribution in [3.63, 3.8) is 0 Å². The Kier molecular flexibility index (Phi) is 4.19. The average molecular weight is 429 g/mol. The number of fused-ring (bicyclic) bond motifs is 5. The van der Waals surface area contributed by atoms with Crippen LogP contribution < -0.4 is 15.8 Å². The first-order valence-electron chi connectivity index (χ1n) is 10.4. The minimum absolute atomic E-state index is 0.153. The summed E-state index contributed by atoms with van der Waals surface area (Å²) in [5.41, 5.74) is 7.20. The predicted molar refractivity (Wildman–Crippen MR) is 118 cm³/mol. The van der Waals surface area contributed by atoms with E-state index >= 15 is 0 Å². The van der Waals surface area contributed by atoms with Gasteiger partial charge in [0.05, 0.1) is 5.56 Å². The summed E-state index contributed by atoms with van der Waals surface area (Å²) in [6.45, 7) is 5.84. The highest BCUT2D eigenvalue weighted by Crippen LogP contribution is 2.59. The van der Waals surface area contributed by atoms with Gasteiger partial charge in [0.1, 0.15) is 5.75 Å². The fraction of sp³-hybridized carbons (Fsp3) is 0.240. The van der Waals surface area contributed by atoms with Crippen LogP contribution in [0.15, 0.2) is 54.7 Å². The Labute approximate surface area is 185 Å². The Morgan fingerprint density at radius 3 is 2.66 bits per heavy atom. The van der Waals surface area contributed by atoms with E-state index in [0.29, 0.717) is 22.6 Å². The molecule has 32 heavy (non-hydrogen) atoms. The topological polar surface area (TPSA) is 115 Å². The number of ether oxygens (including phenoxy) is 1. The molecule has 5 rings (SSSR count). The van der Waals surface area contributed by atoms with Crippen molar-refractivity contribution >= 4 is 17.4 Å². The van der Waals surface area contributed by atoms with Gasteiger partial charge in [-0.05, 0) is 42.7 Å². The van der Waals surface area contributed by atoms with Crippen LogP contribution in [0, 0.1) is 6.92 Å². The van der Waals surface area contributed by atoms with Gasteiger partial charge in [-0.15, -0.1) is 0 Å². The third-order valence-corrected chi connectivity index (χ3v) is 6.33. The molecule has 2 aliphatic rings. The van der Waals surface area contributed by atoms with Crippen LogP contribution >= 0.6 is 0 Å². The molecule has 1 aliphatic heterocycles. The van der Waals surface area contributed by atoms with Crippen LogP contribution in [0.25, 0.3) is 0 Å². The molecule has 0 bridgehead atoms. The van der Waals surface area contributed by atoms with Crippen LogP contribution in [0.2, 0.25) is 0 Å². The number of amides is 1. The number of carbonyl (C=O) groups excluding carboxylic acids is 2. The number of pyridine rings is 1. The number of Topliss-reactive ketones (excluding diaryl/α,β-unsaturated/α-hetero) is 1. The molecule has 3 aromatic rings. The van der Waals surface area contributed by atoms with Crippen molar-refractivity contribution in [3.05, 3.63) is 88.2 Å². The van der Waals surface area contributed by atoms with Crippen molar-refractivity contribution in [1.29, 1.82) is 0 Å². The first kappa shape index (κ1) is 20.2. The normalized spacial score (nSPS) is 22.8. The van der Waals surface area contributed by atoms with Gasteiger partial charge in [-0.1, -0.05) is 38.1 Å². The van der Waals surface area contributed by atoms with Crippen molar-refractivity contribution in [3.8, 4) is 5.75 Å². The van der Waals surface area contributed by atoms with Crippen LogP contribution in [0.5, 0.6) is 5.75 Å². The van der Waals surface area contributed by atoms with E-state index in [9.17, 15) is 14.7 Å². The number of anilines is 1. The number of hydrogen-bond acceptors (Lipinski definition) is 6. The number of hydrogen-bond donors (Lipinski definition) is 3. The molecule has 1 aliphatic carbocycles. The van der Waals surface area contributed by atoms with E-state index in [-0.39, 0.29) is 22.7 Å². The number of aryl methyl sites for hydroxylation is 1. The number of nitrogen functional groups attached to an aromatic ring is 1. The molecule has 162 valence electrons. The quantitative estimate of drug-likeness (QED) is 0.551. The summed E-state index contributed by atoms with van der Waals surface area (Å²) in [7, 11) is 0. The van der Waals surface area contributed by atoms with E-state index in [4.69, 9.17) is 10.5 Å². The molecular formula is C25H23N3O4. The first-order valence-corrected chi connectivity index (χ1v) is 10.4. The monoisotopic (exact) mass is 429 g/mol. The van der Waals surface area contributed by atoms with Gasteiger partial charge in [0.25, 0.3) is 11.7 Å². The van der Waals surface area contributed by atoms with E-state index in [2.05, 4.69) is 10.3 Å². The Morgan fingerprint density at radius 1 is 1.16 bits per heavy atom. The molecule has 0 fully saturated rings. The van der Waals surface area contributed by atoms with Gasteiger partial charge in [0, 0.05) is 34.3 Å². The zero-order valence-electron chi connectivity index (χ0n) is 18.0. The third kappa shape index (κ3) is 2.48. The number of nitrogens with zero attached hydrogens (tertiary/aromatic N) is 1. The Hall–Kier alpha value is -3.71. The third-order valence-electron chi connectivity index (χ3n) is 6.33. The minimum atomic E-state index is -2.13. The van der Waals surface area contributed by atoms with Crippen molar-refractivity contribution in [1.82, 2.24) is 10.3 Å². The second kappa shape index (κ2) is 6.64. The van der Waals surface area contributed by atoms with Crippen molar-refractivity contribution in [2.75, 3.05) is 5.73 Å². The Morgan fingerprint density at radius 2 is 1.94 bits per heavy atom. The number of rotatable bonds is 3. The van der Waals surface area contributed by atoms with Gasteiger partial charge in [-0.2, -0.15) is 0 Å². The van der Waals surface area contributed by atoms with Gasteiger partial charge in [0.15, 0.2) is 0 Å². The van der Waals surface area contributed by atoms with Crippen LogP contribution in [-0.2, 0) is 11.3 Å². The molecule has 4 N–H and O–H groups in total. The number of aliphatic hydroxyl groups is 1. The standard InChI is InChI=1S/C25H23N3O4/c1-13(2)15-7-8-17-20(12-15)32-25(31)18-5-4-6-19(26)21(18)22(29)24(17,25)28-23(30)16-9-10-27-14(3)11-16/h4-13,31H,26H2,1-3H3,(H,28,30). The lowest BCUT2D eigenvalue weighted by molar-refractivity contribution is -0.169. The summed E-state index contributed by atoms with van der Waals surface area (Å²) in [6, 6.07) is 13.4. The lowest BCUT2D eigenvalue weighted by Gasteiger charge is -2.34. The Balaban J connectivity index is 1.73. The fourth-order valence-electron chi connectivity index (χ4n) is 4.68. The highest BCUT2D eigenvalue weighted by atomic mass is 16.6. The largest absolute Gasteiger partial charge is 0.454 e. The summed E-state index contributed by atoms with van der Waals surface area (Å²) in [5.74, 6) is -2.61. The lowest BCUT2D eigenvalue weighted by atomic mass is 9.82. The summed E-state index contributed by atoms with van der Waals surface area (Å²) in [6.07, 6.45) is 1.52. The van der Waals surface area contributed by atoms with Crippen molar-refractivity contribution in [2.45, 2.75) is 38.0 Å². The maximum atomic E-state index is 13.9. The van der Waals surface area contributed by atoms with E-state index < -0.39 is 23.0 Å². The molecule has 2 heterocycles. The van der Waals surface area contributed by atoms with Gasteiger partial charge in [-0.3, -0.25) is 14.6 Å². The summed E-state index contributed by atoms with van der Waals surface area (Å²) < 4.78 is 6.08. The Bertz CT molecular complexity index is 1300. The molecule has 0 spiro atoms. The van der Waals surface area contributed by atoms with E-state index in [1.807, 2.05) is 19.9 Å². The second-order valence-electron chi connectivity index (χ2n) is 8.65. The number of ketones is 1. The van der Waals surface area contributed by atoms with Gasteiger partial charge in [0.2, 0.25) is 11.3 Å². The van der Waals surface area contributed by atoms with Crippen LogP contribution in [-0.4, -0.2) is 21.8 Å². The molecule has 7 nitrogen and oxygen atoms in total. The van der Waals surface area contributed by atoms with Gasteiger partial charge < -0.3 is 20.9 Å². The van der Waals surface area contributed by atoms with Gasteiger partial charge in [-0.25, -0.2) is 0 Å². The molecule has 1 aromatic heterocycles. The molecular weight excluding hydrogens is 406 g/mol. The number of benzene rings is 2. The van der Waals surface area contributed by atoms with Gasteiger partial charge >= 0.3 is 0 Å². The molecule has 0 saturated carbocycles. The maximum absolute atomic E-state index is 13.9. The molecule has 2 atom stereocenters. The number of nitrogens with one attached hydrogen (secondary N) is 1. The molecule has 1 amide bonds. The molecule has 0 radical (unpaired) electrons. The molecule has 7 heteroatoms. The van der Waals surface area contributed by atoms with E-state index in [1.165, 1.54) is 6.20 Å². The SMILES string of the molecule is Cc1cc(C(=O)NC23C(=O)c4c(N)cccc4C2(O)Oc2cc(C(C)C)ccc23)ccn1. The highest BCUT2D eigenvalue weighted by molar-refractivity contribution is 6.16. The first-order chi connectivity index (χ1) is 15.2. The second-order valence-corrected chi connectivity index (χ2v) is 8.65. The highest BCUT2D eigenvalue weighted by Gasteiger charge is 2.72. The van der Waals surface area contributed by atoms with E-state index in [0.717, 1.165) is 5.56 Å². The number of aromatic nitrogens is 1. The fourth-order valence-corrected chi connectivity index (χ4v) is 4.68. The van der Waals surface area contributed by atoms with Crippen molar-refractivity contribution in [2.24, 2.45) is 0 Å². The van der Waals surface area contributed by atoms with Crippen molar-refractivity contribution < 1.29 is 19.4 Å². The minimum Gasteiger partial charge on any atom is -0.454 e. The molecule has 2 unspecified atom stereocenters. The van der Waals surface area contributed by atoms with Crippen LogP contribution in [0.1, 0.15) is 62.9 Å². The van der Waals surface area contributed by atoms with Crippen LogP contribution in [0.3, 0.4) is 0 Å². The summed E-state index contributed by atoms with van der Waals surface area (Å²) >= 11 is 0.